The maximum absolute atomic E-state index is 13.0. The molecular formula is C18H23N5O4S2. The van der Waals surface area contributed by atoms with E-state index in [-0.39, 0.29) is 22.3 Å². The molecule has 0 saturated heterocycles. The van der Waals surface area contributed by atoms with Gasteiger partial charge in [-0.15, -0.1) is 11.3 Å². The van der Waals surface area contributed by atoms with E-state index in [2.05, 4.69) is 20.3 Å². The van der Waals surface area contributed by atoms with E-state index in [0.29, 0.717) is 16.4 Å². The van der Waals surface area contributed by atoms with Gasteiger partial charge >= 0.3 is 6.01 Å². The van der Waals surface area contributed by atoms with Crippen LogP contribution in [0.25, 0.3) is 0 Å². The van der Waals surface area contributed by atoms with Gasteiger partial charge in [0.25, 0.3) is 10.0 Å². The van der Waals surface area contributed by atoms with Crippen LogP contribution in [0, 0.1) is 13.8 Å². The van der Waals surface area contributed by atoms with E-state index in [4.69, 9.17) is 4.74 Å². The number of nitrogens with one attached hydrogen (secondary N) is 1. The Labute approximate surface area is 173 Å². The predicted molar refractivity (Wildman–Crippen MR) is 112 cm³/mol. The van der Waals surface area contributed by atoms with Crippen molar-refractivity contribution < 1.29 is 17.9 Å². The third-order valence-corrected chi connectivity index (χ3v) is 7.70. The van der Waals surface area contributed by atoms with Gasteiger partial charge in [0.2, 0.25) is 11.7 Å². The number of hydrogen-bond acceptors (Lipinski definition) is 9. The molecule has 0 bridgehead atoms. The number of carbonyl (C=O) groups is 1. The normalized spacial score (nSPS) is 17.4. The van der Waals surface area contributed by atoms with Crippen LogP contribution in [0.2, 0.25) is 0 Å². The molecule has 0 unspecified atom stereocenters. The number of rotatable bonds is 3. The van der Waals surface area contributed by atoms with Crippen molar-refractivity contribution >= 4 is 38.1 Å². The first-order valence-electron chi connectivity index (χ1n) is 8.78. The number of anilines is 2. The number of ether oxygens (including phenoxy) is 1. The van der Waals surface area contributed by atoms with E-state index in [1.807, 2.05) is 34.6 Å². The second-order valence-corrected chi connectivity index (χ2v) is 10.8. The second kappa shape index (κ2) is 7.06. The number of methoxy groups -OCH3 is 1. The summed E-state index contributed by atoms with van der Waals surface area (Å²) < 4.78 is 32.1. The molecule has 0 radical (unpaired) electrons. The van der Waals surface area contributed by atoms with E-state index in [9.17, 15) is 13.2 Å². The van der Waals surface area contributed by atoms with Crippen molar-refractivity contribution in [1.29, 1.82) is 0 Å². The van der Waals surface area contributed by atoms with Gasteiger partial charge in [0, 0.05) is 23.5 Å². The molecule has 0 saturated carbocycles. The summed E-state index contributed by atoms with van der Waals surface area (Å²) >= 11 is 1.29. The lowest BCUT2D eigenvalue weighted by atomic mass is 9.96. The molecule has 1 aliphatic heterocycles. The molecule has 3 rings (SSSR count). The van der Waals surface area contributed by atoms with Crippen LogP contribution in [-0.2, 0) is 15.4 Å². The topological polar surface area (TPSA) is 114 Å². The summed E-state index contributed by atoms with van der Waals surface area (Å²) in [4.78, 5) is 26.2. The highest BCUT2D eigenvalue weighted by Gasteiger charge is 2.41. The molecule has 11 heteroatoms. The number of fused-ring (bicyclic) bond motifs is 1. The maximum Gasteiger partial charge on any atom is 0.321 e. The van der Waals surface area contributed by atoms with E-state index < -0.39 is 15.8 Å². The zero-order chi connectivity index (χ0) is 21.7. The molecule has 9 nitrogen and oxygen atoms in total. The number of carbonyl (C=O) groups excluding carboxylic acids is 1. The molecule has 2 aromatic rings. The number of hydrogen-bond donors (Lipinski definition) is 1. The lowest BCUT2D eigenvalue weighted by Crippen LogP contribution is -2.36. The first-order valence-corrected chi connectivity index (χ1v) is 11.0. The Kier molecular flexibility index (Phi) is 5.16. The third-order valence-electron chi connectivity index (χ3n) is 4.54. The average Bonchev–Trinajstić information content (AvgIpc) is 2.94. The van der Waals surface area contributed by atoms with Crippen LogP contribution < -0.4 is 14.4 Å². The van der Waals surface area contributed by atoms with E-state index in [1.54, 1.807) is 0 Å². The summed E-state index contributed by atoms with van der Waals surface area (Å²) in [5.74, 6) is 0.000230. The quantitative estimate of drug-likeness (QED) is 0.729. The SMILES string of the molecule is COc1nc(NC=C2C(=O)c3c(sc(C)c3C)N(C)S2(=O)=O)nc(C(C)(C)C)n1. The highest BCUT2D eigenvalue weighted by molar-refractivity contribution is 7.98. The van der Waals surface area contributed by atoms with Gasteiger partial charge in [-0.1, -0.05) is 20.8 Å². The largest absolute Gasteiger partial charge is 0.467 e. The molecule has 29 heavy (non-hydrogen) atoms. The van der Waals surface area contributed by atoms with Gasteiger partial charge in [-0.2, -0.15) is 15.0 Å². The average molecular weight is 438 g/mol. The van der Waals surface area contributed by atoms with Crippen molar-refractivity contribution in [3.05, 3.63) is 32.9 Å². The molecule has 2 aromatic heterocycles. The number of ketones is 1. The summed E-state index contributed by atoms with van der Waals surface area (Å²) in [6.45, 7) is 9.45. The third kappa shape index (κ3) is 3.60. The van der Waals surface area contributed by atoms with E-state index in [1.165, 1.54) is 25.5 Å². The van der Waals surface area contributed by atoms with Crippen molar-refractivity contribution in [2.45, 2.75) is 40.0 Å². The predicted octanol–water partition coefficient (Wildman–Crippen LogP) is 2.77. The summed E-state index contributed by atoms with van der Waals surface area (Å²) in [7, 11) is -1.14. The Morgan fingerprint density at radius 3 is 2.41 bits per heavy atom. The highest BCUT2D eigenvalue weighted by Crippen LogP contribution is 2.42. The van der Waals surface area contributed by atoms with Crippen LogP contribution in [0.15, 0.2) is 11.1 Å². The Bertz CT molecular complexity index is 1130. The fourth-order valence-corrected chi connectivity index (χ4v) is 5.29. The molecule has 1 aliphatic rings. The first-order chi connectivity index (χ1) is 13.4. The van der Waals surface area contributed by atoms with Crippen molar-refractivity contribution in [3.63, 3.8) is 0 Å². The van der Waals surface area contributed by atoms with E-state index >= 15 is 0 Å². The number of thiophene rings is 1. The molecule has 3 heterocycles. The van der Waals surface area contributed by atoms with Crippen molar-refractivity contribution in [2.75, 3.05) is 23.8 Å². The Hall–Kier alpha value is -2.53. The van der Waals surface area contributed by atoms with Gasteiger partial charge in [0.15, 0.2) is 4.91 Å². The maximum atomic E-state index is 13.0. The van der Waals surface area contributed by atoms with Gasteiger partial charge in [-0.05, 0) is 19.4 Å². The highest BCUT2D eigenvalue weighted by atomic mass is 32.2. The van der Waals surface area contributed by atoms with Crippen molar-refractivity contribution in [2.24, 2.45) is 0 Å². The lowest BCUT2D eigenvalue weighted by Gasteiger charge is -2.25. The standard InChI is InChI=1S/C18H23N5O4S2/c1-9-10(2)28-14-12(9)13(24)11(29(25,26)23(14)6)8-19-16-20-15(18(3,4)5)21-17(22-16)27-7/h8H,1-7H3,(H,19,20,21,22). The number of aromatic nitrogens is 3. The Balaban J connectivity index is 2.07. The summed E-state index contributed by atoms with van der Waals surface area (Å²) in [5.41, 5.74) is 0.799. The van der Waals surface area contributed by atoms with Gasteiger partial charge in [0.05, 0.1) is 12.7 Å². The van der Waals surface area contributed by atoms with Crippen LogP contribution in [0.5, 0.6) is 6.01 Å². The Morgan fingerprint density at radius 2 is 1.83 bits per heavy atom. The Morgan fingerprint density at radius 1 is 1.17 bits per heavy atom. The van der Waals surface area contributed by atoms with Crippen molar-refractivity contribution in [1.82, 2.24) is 15.0 Å². The summed E-state index contributed by atoms with van der Waals surface area (Å²) in [6.07, 6.45) is 1.13. The van der Waals surface area contributed by atoms with Gasteiger partial charge < -0.3 is 10.1 Å². The molecule has 0 fully saturated rings. The number of aryl methyl sites for hydroxylation is 1. The van der Waals surface area contributed by atoms with Gasteiger partial charge in [0.1, 0.15) is 10.8 Å². The minimum Gasteiger partial charge on any atom is -0.467 e. The zero-order valence-corrected chi connectivity index (χ0v) is 18.9. The van der Waals surface area contributed by atoms with E-state index in [0.717, 1.165) is 20.9 Å². The second-order valence-electron chi connectivity index (χ2n) is 7.64. The first kappa shape index (κ1) is 21.2. The fourth-order valence-electron chi connectivity index (χ4n) is 2.71. The number of Topliss-reactive ketones (excluding diaryl/α,β-unsaturated/α-hetero) is 1. The minimum absolute atomic E-state index is 0.0870. The monoisotopic (exact) mass is 437 g/mol. The van der Waals surface area contributed by atoms with Crippen molar-refractivity contribution in [3.8, 4) is 6.01 Å². The molecule has 0 spiro atoms. The van der Waals surface area contributed by atoms with Crippen LogP contribution >= 0.6 is 11.3 Å². The number of sulfonamides is 1. The molecule has 0 amide bonds. The van der Waals surface area contributed by atoms with Crippen LogP contribution in [0.3, 0.4) is 0 Å². The number of allylic oxidation sites excluding steroid dienone is 1. The van der Waals surface area contributed by atoms with Crippen LogP contribution in [0.4, 0.5) is 10.9 Å². The van der Waals surface area contributed by atoms with Crippen LogP contribution in [-0.4, -0.2) is 43.3 Å². The molecule has 0 atom stereocenters. The smallest absolute Gasteiger partial charge is 0.321 e. The molecule has 156 valence electrons. The molecule has 0 aromatic carbocycles. The summed E-state index contributed by atoms with van der Waals surface area (Å²) in [5, 5.41) is 3.17. The number of nitrogens with zero attached hydrogens (tertiary/aromatic N) is 4. The fraction of sp³-hybridized carbons (Fsp3) is 0.444. The summed E-state index contributed by atoms with van der Waals surface area (Å²) in [6, 6.07) is 0.0901. The zero-order valence-electron chi connectivity index (χ0n) is 17.3. The molecule has 1 N–H and O–H groups in total. The van der Waals surface area contributed by atoms with Gasteiger partial charge in [-0.25, -0.2) is 8.42 Å². The van der Waals surface area contributed by atoms with Gasteiger partial charge in [-0.3, -0.25) is 9.10 Å². The minimum atomic E-state index is -4.00. The molecule has 0 aliphatic carbocycles. The lowest BCUT2D eigenvalue weighted by molar-refractivity contribution is 0.104. The molecular weight excluding hydrogens is 414 g/mol. The van der Waals surface area contributed by atoms with Crippen LogP contribution in [0.1, 0.15) is 47.4 Å².